The minimum Gasteiger partial charge on any atom is -0.268 e. The average Bonchev–Trinajstić information content (AvgIpc) is 2.58. The van der Waals surface area contributed by atoms with E-state index < -0.39 is 0 Å². The van der Waals surface area contributed by atoms with E-state index in [1.807, 2.05) is 68.4 Å². The third-order valence-electron chi connectivity index (χ3n) is 1.25. The smallest absolute Gasteiger partial charge is 0.260 e. The molecule has 0 aromatic rings. The number of allylic oxidation sites excluding steroid dienone is 2. The van der Waals surface area contributed by atoms with Gasteiger partial charge in [-0.2, -0.15) is 0 Å². The molecule has 122 valence electrons. The fourth-order valence-corrected chi connectivity index (χ4v) is 0.924. The summed E-state index contributed by atoms with van der Waals surface area (Å²) in [7, 11) is 0. The Bertz CT molecular complexity index is 223. The van der Waals surface area contributed by atoms with Gasteiger partial charge in [-0.05, 0) is 18.6 Å². The zero-order valence-corrected chi connectivity index (χ0v) is 16.1. The average molecular weight is 304 g/mol. The molecule has 0 atom stereocenters. The second-order valence-electron chi connectivity index (χ2n) is 2.10. The van der Waals surface area contributed by atoms with Gasteiger partial charge >= 0.3 is 0 Å². The van der Waals surface area contributed by atoms with Crippen LogP contribution in [0.1, 0.15) is 68.7 Å². The van der Waals surface area contributed by atoms with Crippen LogP contribution in [-0.2, 0) is 4.79 Å². The summed E-state index contributed by atoms with van der Waals surface area (Å²) < 4.78 is 1.21. The molecule has 0 saturated heterocycles. The van der Waals surface area contributed by atoms with Gasteiger partial charge in [0.05, 0.1) is 5.70 Å². The van der Waals surface area contributed by atoms with Crippen molar-refractivity contribution in [3.63, 3.8) is 0 Å². The summed E-state index contributed by atoms with van der Waals surface area (Å²) in [6, 6.07) is 0. The summed E-state index contributed by atoms with van der Waals surface area (Å²) in [5.74, 6) is -0.252. The minimum atomic E-state index is -0.252. The molecule has 0 aromatic heterocycles. The van der Waals surface area contributed by atoms with Crippen LogP contribution in [-0.4, -0.2) is 10.2 Å². The number of amides is 1. The third kappa shape index (κ3) is 22.2. The molecule has 0 radical (unpaired) electrons. The lowest BCUT2D eigenvalue weighted by Crippen LogP contribution is -2.17. The molecular weight excluding hydrogens is 266 g/mol. The molecule has 0 fully saturated rings. The second kappa shape index (κ2) is 36.1. The fourth-order valence-electron chi connectivity index (χ4n) is 0.679. The maximum atomic E-state index is 11.0. The standard InChI is InChI=1S/C9H13NOS.4C2H6/c1-4-7-8(5-2)10(12)9(11)6-3;4*1-2/h5-7,12H,2-4H2,1H3;4*1-2H3/b8-7-;;;;. The topological polar surface area (TPSA) is 20.3 Å². The highest BCUT2D eigenvalue weighted by atomic mass is 32.1. The summed E-state index contributed by atoms with van der Waals surface area (Å²) in [5.41, 5.74) is 0.686. The Labute approximate surface area is 134 Å². The van der Waals surface area contributed by atoms with Crippen LogP contribution in [0.2, 0.25) is 0 Å². The normalized spacial score (nSPS) is 7.60. The van der Waals surface area contributed by atoms with Crippen molar-refractivity contribution in [3.8, 4) is 0 Å². The molecule has 2 nitrogen and oxygen atoms in total. The number of thiol groups is 1. The highest BCUT2D eigenvalue weighted by Crippen LogP contribution is 2.10. The molecular formula is C17H37NOS. The molecule has 3 heteroatoms. The van der Waals surface area contributed by atoms with E-state index in [1.54, 1.807) is 6.08 Å². The molecule has 0 aromatic carbocycles. The molecule has 0 bridgehead atoms. The third-order valence-corrected chi connectivity index (χ3v) is 1.68. The summed E-state index contributed by atoms with van der Waals surface area (Å²) in [6.07, 6.45) is 5.49. The first-order valence-corrected chi connectivity index (χ1v) is 8.05. The highest BCUT2D eigenvalue weighted by molar-refractivity contribution is 7.78. The SMILES string of the molecule is C=CC(=O)N(S)/C(C=C)=C\CC.CC.CC.CC.CC. The lowest BCUT2D eigenvalue weighted by atomic mass is 10.3. The number of carbonyl (C=O) groups is 1. The first-order valence-electron chi connectivity index (χ1n) is 7.65. The van der Waals surface area contributed by atoms with E-state index in [1.165, 1.54) is 10.4 Å². The Morgan fingerprint density at radius 3 is 1.50 bits per heavy atom. The Morgan fingerprint density at radius 2 is 1.30 bits per heavy atom. The molecule has 0 unspecified atom stereocenters. The maximum Gasteiger partial charge on any atom is 0.260 e. The fraction of sp³-hybridized carbons (Fsp3) is 0.588. The van der Waals surface area contributed by atoms with Crippen LogP contribution in [0.5, 0.6) is 0 Å². The molecule has 0 saturated carbocycles. The molecule has 0 aliphatic heterocycles. The number of hydrogen-bond donors (Lipinski definition) is 1. The van der Waals surface area contributed by atoms with Gasteiger partial charge in [-0.25, -0.2) is 0 Å². The van der Waals surface area contributed by atoms with Gasteiger partial charge in [-0.15, -0.1) is 0 Å². The largest absolute Gasteiger partial charge is 0.268 e. The molecule has 0 spiro atoms. The van der Waals surface area contributed by atoms with Crippen LogP contribution < -0.4 is 0 Å². The van der Waals surface area contributed by atoms with E-state index in [9.17, 15) is 4.79 Å². The molecule has 0 heterocycles. The minimum absolute atomic E-state index is 0.252. The summed E-state index contributed by atoms with van der Waals surface area (Å²) >= 11 is 3.99. The first kappa shape index (κ1) is 31.4. The van der Waals surface area contributed by atoms with Gasteiger partial charge in [0.15, 0.2) is 0 Å². The zero-order chi connectivity index (χ0) is 17.6. The Hall–Kier alpha value is -0.960. The van der Waals surface area contributed by atoms with Gasteiger partial charge < -0.3 is 0 Å². The maximum absolute atomic E-state index is 11.0. The van der Waals surface area contributed by atoms with E-state index in [2.05, 4.69) is 26.0 Å². The highest BCUT2D eigenvalue weighted by Gasteiger charge is 2.06. The molecule has 1 amide bonds. The van der Waals surface area contributed by atoms with E-state index in [0.717, 1.165) is 6.42 Å². The van der Waals surface area contributed by atoms with Crippen LogP contribution in [0.3, 0.4) is 0 Å². The monoisotopic (exact) mass is 303 g/mol. The van der Waals surface area contributed by atoms with Crippen molar-refractivity contribution in [3.05, 3.63) is 37.1 Å². The van der Waals surface area contributed by atoms with Crippen LogP contribution in [0.25, 0.3) is 0 Å². The van der Waals surface area contributed by atoms with Crippen molar-refractivity contribution in [1.29, 1.82) is 0 Å². The van der Waals surface area contributed by atoms with Crippen LogP contribution in [0, 0.1) is 0 Å². The van der Waals surface area contributed by atoms with E-state index >= 15 is 0 Å². The Balaban J connectivity index is -0.0000000799. The summed E-state index contributed by atoms with van der Waals surface area (Å²) in [4.78, 5) is 11.0. The zero-order valence-electron chi connectivity index (χ0n) is 15.2. The first-order chi connectivity index (χ1) is 9.67. The Kier molecular flexibility index (Phi) is 56.8. The lowest BCUT2D eigenvalue weighted by Gasteiger charge is -2.13. The lowest BCUT2D eigenvalue weighted by molar-refractivity contribution is -0.119. The van der Waals surface area contributed by atoms with Gasteiger partial charge in [-0.3, -0.25) is 9.10 Å². The number of rotatable bonds is 4. The van der Waals surface area contributed by atoms with Gasteiger partial charge in [0.1, 0.15) is 0 Å². The van der Waals surface area contributed by atoms with Crippen molar-refractivity contribution in [2.75, 3.05) is 0 Å². The summed E-state index contributed by atoms with van der Waals surface area (Å²) in [6.45, 7) is 24.9. The molecule has 0 aliphatic carbocycles. The van der Waals surface area contributed by atoms with Crippen molar-refractivity contribution in [2.45, 2.75) is 68.7 Å². The number of carbonyl (C=O) groups excluding carboxylic acids is 1. The van der Waals surface area contributed by atoms with E-state index in [0.29, 0.717) is 5.70 Å². The number of nitrogens with zero attached hydrogens (tertiary/aromatic N) is 1. The molecule has 0 aliphatic rings. The quantitative estimate of drug-likeness (QED) is 0.360. The van der Waals surface area contributed by atoms with Crippen molar-refractivity contribution in [2.24, 2.45) is 0 Å². The molecule has 0 N–H and O–H groups in total. The van der Waals surface area contributed by atoms with Crippen LogP contribution in [0.4, 0.5) is 0 Å². The summed E-state index contributed by atoms with van der Waals surface area (Å²) in [5, 5.41) is 0. The van der Waals surface area contributed by atoms with E-state index in [4.69, 9.17) is 0 Å². The van der Waals surface area contributed by atoms with Crippen molar-refractivity contribution >= 4 is 18.7 Å². The predicted molar refractivity (Wildman–Crippen MR) is 100.0 cm³/mol. The van der Waals surface area contributed by atoms with Crippen LogP contribution >= 0.6 is 12.8 Å². The number of hydrogen-bond acceptors (Lipinski definition) is 2. The van der Waals surface area contributed by atoms with Crippen LogP contribution in [0.15, 0.2) is 37.1 Å². The molecule has 0 rings (SSSR count). The predicted octanol–water partition coefficient (Wildman–Crippen LogP) is 6.43. The van der Waals surface area contributed by atoms with E-state index in [-0.39, 0.29) is 5.91 Å². The second-order valence-corrected chi connectivity index (χ2v) is 2.50. The van der Waals surface area contributed by atoms with Gasteiger partial charge in [0, 0.05) is 0 Å². The van der Waals surface area contributed by atoms with Crippen molar-refractivity contribution < 1.29 is 4.79 Å². The van der Waals surface area contributed by atoms with Gasteiger partial charge in [0.2, 0.25) is 0 Å². The van der Waals surface area contributed by atoms with Gasteiger partial charge in [0.25, 0.3) is 5.91 Å². The van der Waals surface area contributed by atoms with Crippen molar-refractivity contribution in [1.82, 2.24) is 4.31 Å². The Morgan fingerprint density at radius 1 is 0.950 bits per heavy atom. The molecule has 20 heavy (non-hydrogen) atoms. The van der Waals surface area contributed by atoms with Gasteiger partial charge in [-0.1, -0.05) is 94.4 Å².